The minimum atomic E-state index is -4.22. The van der Waals surface area contributed by atoms with Crippen LogP contribution in [0, 0.1) is 0 Å². The van der Waals surface area contributed by atoms with Crippen molar-refractivity contribution in [3.05, 3.63) is 71.8 Å². The lowest BCUT2D eigenvalue weighted by molar-refractivity contribution is -0.134. The Kier molecular flexibility index (Phi) is 10.5. The van der Waals surface area contributed by atoms with E-state index in [1.807, 2.05) is 6.92 Å². The molecule has 0 bridgehead atoms. The number of phenolic OH excluding ortho intramolecular Hbond substituents is 1. The molecule has 0 amide bonds. The van der Waals surface area contributed by atoms with Gasteiger partial charge < -0.3 is 20.8 Å². The van der Waals surface area contributed by atoms with E-state index in [0.717, 1.165) is 31.2 Å². The van der Waals surface area contributed by atoms with Crippen LogP contribution in [0.3, 0.4) is 0 Å². The molecule has 0 atom stereocenters. The maximum atomic E-state index is 12.9. The number of nitrogens with two attached hydrogens (primary N) is 1. The number of rotatable bonds is 13. The molecule has 3 rings (SSSR count). The lowest BCUT2D eigenvalue weighted by atomic mass is 10.0. The number of unbranched alkanes of at least 4 members (excludes halogenated alkanes) is 2. The Morgan fingerprint density at radius 2 is 1.73 bits per heavy atom. The largest absolute Gasteiger partial charge is 0.507 e. The molecule has 0 aromatic heterocycles. The highest BCUT2D eigenvalue weighted by Crippen LogP contribution is 2.32. The standard InChI is InChI=1S/C28H33N3O8S2/c1-3-4-5-10-27(33)39-24-17-20(22-8-6-7-9-25(22)40(2,35)36)12-11-19(24)15-16-30-41(37,38)26-18-21(28(29)31-34)13-14-23(26)32/h6-9,11-14,17-18,30,32,34H,3-5,10,15-16H2,1-2H3,(H2,29,31). The maximum absolute atomic E-state index is 12.9. The third-order valence-electron chi connectivity index (χ3n) is 6.21. The zero-order valence-electron chi connectivity index (χ0n) is 22.7. The van der Waals surface area contributed by atoms with Crippen molar-refractivity contribution >= 4 is 31.7 Å². The molecule has 0 heterocycles. The van der Waals surface area contributed by atoms with Crippen molar-refractivity contribution in [2.45, 2.75) is 48.8 Å². The van der Waals surface area contributed by atoms with Gasteiger partial charge in [0.25, 0.3) is 0 Å². The van der Waals surface area contributed by atoms with Crippen molar-refractivity contribution < 1.29 is 36.7 Å². The molecule has 3 aromatic rings. The number of amidine groups is 1. The fraction of sp³-hybridized carbons (Fsp3) is 0.286. The summed E-state index contributed by atoms with van der Waals surface area (Å²) in [6.45, 7) is 1.88. The molecule has 3 aromatic carbocycles. The number of nitrogens with zero attached hydrogens (tertiary/aromatic N) is 1. The zero-order chi connectivity index (χ0) is 30.2. The van der Waals surface area contributed by atoms with Crippen LogP contribution in [0.25, 0.3) is 11.1 Å². The second-order valence-corrected chi connectivity index (χ2v) is 13.1. The van der Waals surface area contributed by atoms with E-state index in [4.69, 9.17) is 15.7 Å². The van der Waals surface area contributed by atoms with Crippen molar-refractivity contribution in [1.29, 1.82) is 0 Å². The van der Waals surface area contributed by atoms with Gasteiger partial charge in [-0.25, -0.2) is 21.6 Å². The monoisotopic (exact) mass is 603 g/mol. The Bertz CT molecular complexity index is 1650. The Morgan fingerprint density at radius 3 is 2.41 bits per heavy atom. The van der Waals surface area contributed by atoms with E-state index in [2.05, 4.69) is 9.88 Å². The highest BCUT2D eigenvalue weighted by atomic mass is 32.2. The van der Waals surface area contributed by atoms with E-state index < -0.39 is 36.5 Å². The van der Waals surface area contributed by atoms with Gasteiger partial charge in [0.15, 0.2) is 15.7 Å². The summed E-state index contributed by atoms with van der Waals surface area (Å²) in [5.41, 5.74) is 7.09. The number of benzene rings is 3. The quantitative estimate of drug-likeness (QED) is 0.0431. The number of aromatic hydroxyl groups is 1. The molecular formula is C28H33N3O8S2. The van der Waals surface area contributed by atoms with Gasteiger partial charge >= 0.3 is 5.97 Å². The van der Waals surface area contributed by atoms with Gasteiger partial charge in [0, 0.05) is 30.3 Å². The Morgan fingerprint density at radius 1 is 1.00 bits per heavy atom. The van der Waals surface area contributed by atoms with Crippen LogP contribution in [-0.4, -0.2) is 51.8 Å². The first-order chi connectivity index (χ1) is 19.4. The molecule has 220 valence electrons. The number of hydrogen-bond donors (Lipinski definition) is 4. The molecule has 13 heteroatoms. The zero-order valence-corrected chi connectivity index (χ0v) is 24.3. The van der Waals surface area contributed by atoms with Gasteiger partial charge in [-0.15, -0.1) is 0 Å². The normalized spacial score (nSPS) is 12.3. The van der Waals surface area contributed by atoms with Crippen molar-refractivity contribution in [3.8, 4) is 22.6 Å². The van der Waals surface area contributed by atoms with E-state index in [0.29, 0.717) is 23.1 Å². The van der Waals surface area contributed by atoms with Crippen LogP contribution >= 0.6 is 0 Å². The van der Waals surface area contributed by atoms with E-state index in [9.17, 15) is 26.7 Å². The molecule has 0 radical (unpaired) electrons. The number of sulfone groups is 1. The number of carbonyl (C=O) groups excluding carboxylic acids is 1. The molecule has 0 saturated carbocycles. The smallest absolute Gasteiger partial charge is 0.311 e. The van der Waals surface area contributed by atoms with E-state index >= 15 is 0 Å². The molecule has 0 saturated heterocycles. The van der Waals surface area contributed by atoms with Crippen LogP contribution in [-0.2, 0) is 31.1 Å². The molecule has 0 aliphatic carbocycles. The number of oxime groups is 1. The fourth-order valence-electron chi connectivity index (χ4n) is 4.09. The Labute approximate surface area is 239 Å². The molecule has 0 unspecified atom stereocenters. The van der Waals surface area contributed by atoms with Crippen LogP contribution in [0.4, 0.5) is 0 Å². The molecule has 0 aliphatic heterocycles. The average Bonchev–Trinajstić information content (AvgIpc) is 2.93. The number of phenols is 1. The van der Waals surface area contributed by atoms with Crippen molar-refractivity contribution in [2.75, 3.05) is 12.8 Å². The predicted molar refractivity (Wildman–Crippen MR) is 154 cm³/mol. The van der Waals surface area contributed by atoms with Crippen LogP contribution in [0.2, 0.25) is 0 Å². The van der Waals surface area contributed by atoms with Crippen molar-refractivity contribution in [1.82, 2.24) is 4.72 Å². The summed E-state index contributed by atoms with van der Waals surface area (Å²) in [5, 5.41) is 21.9. The molecule has 5 N–H and O–H groups in total. The van der Waals surface area contributed by atoms with Gasteiger partial charge in [0.2, 0.25) is 10.0 Å². The summed E-state index contributed by atoms with van der Waals surface area (Å²) in [6, 6.07) is 14.8. The van der Waals surface area contributed by atoms with Gasteiger partial charge in [-0.1, -0.05) is 55.3 Å². The molecule has 0 spiro atoms. The predicted octanol–water partition coefficient (Wildman–Crippen LogP) is 3.56. The Balaban J connectivity index is 1.90. The van der Waals surface area contributed by atoms with Crippen molar-refractivity contribution in [2.24, 2.45) is 10.9 Å². The summed E-state index contributed by atoms with van der Waals surface area (Å²) in [6.07, 6.45) is 3.84. The molecule has 11 nitrogen and oxygen atoms in total. The molecule has 0 fully saturated rings. The Hall–Kier alpha value is -3.94. The minimum absolute atomic E-state index is 0.0907. The first kappa shape index (κ1) is 31.6. The minimum Gasteiger partial charge on any atom is -0.507 e. The number of hydrogen-bond acceptors (Lipinski definition) is 9. The number of nitrogens with one attached hydrogen (secondary N) is 1. The summed E-state index contributed by atoms with van der Waals surface area (Å²) >= 11 is 0. The summed E-state index contributed by atoms with van der Waals surface area (Å²) in [5.74, 6) is -1.13. The van der Waals surface area contributed by atoms with Gasteiger partial charge in [0.1, 0.15) is 16.4 Å². The van der Waals surface area contributed by atoms with Gasteiger partial charge in [-0.2, -0.15) is 0 Å². The third-order valence-corrected chi connectivity index (χ3v) is 8.86. The summed E-state index contributed by atoms with van der Waals surface area (Å²) < 4.78 is 58.6. The van der Waals surface area contributed by atoms with Crippen molar-refractivity contribution in [3.63, 3.8) is 0 Å². The third kappa shape index (κ3) is 8.28. The van der Waals surface area contributed by atoms with Crippen LogP contribution in [0.5, 0.6) is 11.5 Å². The molecular weight excluding hydrogens is 570 g/mol. The maximum Gasteiger partial charge on any atom is 0.311 e. The van der Waals surface area contributed by atoms with Gasteiger partial charge in [-0.3, -0.25) is 4.79 Å². The summed E-state index contributed by atoms with van der Waals surface area (Å²) in [7, 11) is -7.76. The molecule has 0 aliphatic rings. The number of carbonyl (C=O) groups is 1. The van der Waals surface area contributed by atoms with Gasteiger partial charge in [-0.05, 0) is 54.3 Å². The number of ether oxygens (including phenoxy) is 1. The lowest BCUT2D eigenvalue weighted by Crippen LogP contribution is -2.27. The average molecular weight is 604 g/mol. The number of sulfonamides is 1. The van der Waals surface area contributed by atoms with E-state index in [-0.39, 0.29) is 41.4 Å². The van der Waals surface area contributed by atoms with E-state index in [1.165, 1.54) is 12.1 Å². The van der Waals surface area contributed by atoms with E-state index in [1.54, 1.807) is 36.4 Å². The first-order valence-electron chi connectivity index (χ1n) is 12.8. The van der Waals surface area contributed by atoms with Gasteiger partial charge in [0.05, 0.1) is 4.90 Å². The van der Waals surface area contributed by atoms with Crippen LogP contribution in [0.15, 0.2) is 75.6 Å². The fourth-order valence-corrected chi connectivity index (χ4v) is 6.15. The van der Waals surface area contributed by atoms with Crippen LogP contribution in [0.1, 0.15) is 43.7 Å². The van der Waals surface area contributed by atoms with Crippen LogP contribution < -0.4 is 15.2 Å². The highest BCUT2D eigenvalue weighted by Gasteiger charge is 2.21. The highest BCUT2D eigenvalue weighted by molar-refractivity contribution is 7.91. The topological polar surface area (TPSA) is 185 Å². The number of esters is 1. The lowest BCUT2D eigenvalue weighted by Gasteiger charge is -2.15. The first-order valence-corrected chi connectivity index (χ1v) is 16.2. The molecule has 41 heavy (non-hydrogen) atoms. The SMILES string of the molecule is CCCCCC(=O)Oc1cc(-c2ccccc2S(C)(=O)=O)ccc1CCNS(=O)(=O)c1cc(C(N)=NO)ccc1O. The summed E-state index contributed by atoms with van der Waals surface area (Å²) in [4.78, 5) is 12.2. The second-order valence-electron chi connectivity index (χ2n) is 9.34. The second kappa shape index (κ2) is 13.6.